The number of benzene rings is 1. The summed E-state index contributed by atoms with van der Waals surface area (Å²) in [5.74, 6) is -0.416. The van der Waals surface area contributed by atoms with Crippen LogP contribution in [0.2, 0.25) is 0 Å². The first-order valence-electron chi connectivity index (χ1n) is 6.13. The molecule has 0 spiro atoms. The van der Waals surface area contributed by atoms with Crippen LogP contribution in [0.4, 0.5) is 5.69 Å². The van der Waals surface area contributed by atoms with Crippen molar-refractivity contribution in [1.82, 2.24) is 5.32 Å². The van der Waals surface area contributed by atoms with Gasteiger partial charge in [0, 0.05) is 22.9 Å². The Labute approximate surface area is 121 Å². The summed E-state index contributed by atoms with van der Waals surface area (Å²) in [6.07, 6.45) is 1.86. The molecule has 0 saturated carbocycles. The number of nitrogens with zero attached hydrogens (tertiary/aromatic N) is 1. The van der Waals surface area contributed by atoms with Crippen LogP contribution in [0.15, 0.2) is 23.1 Å². The van der Waals surface area contributed by atoms with E-state index in [1.165, 1.54) is 17.8 Å². The molecule has 1 heterocycles. The molecule has 0 atom stereocenters. The summed E-state index contributed by atoms with van der Waals surface area (Å²) in [5, 5.41) is 13.7. The molecule has 1 N–H and O–H groups in total. The number of amides is 1. The molecule has 0 bridgehead atoms. The molecular weight excluding hydrogens is 280 g/mol. The lowest BCUT2D eigenvalue weighted by Gasteiger charge is -2.37. The van der Waals surface area contributed by atoms with Gasteiger partial charge in [0.2, 0.25) is 0 Å². The smallest absolute Gasteiger partial charge is 0.282 e. The molecule has 0 aliphatic carbocycles. The first kappa shape index (κ1) is 14.8. The van der Waals surface area contributed by atoms with E-state index in [0.717, 1.165) is 4.90 Å². The maximum absolute atomic E-state index is 12.2. The van der Waals surface area contributed by atoms with Gasteiger partial charge < -0.3 is 10.1 Å². The number of carbonyl (C=O) groups is 1. The molecule has 6 nitrogen and oxygen atoms in total. The van der Waals surface area contributed by atoms with Gasteiger partial charge in [-0.05, 0) is 18.4 Å². The molecule has 1 aliphatic rings. The Bertz CT molecular complexity index is 543. The van der Waals surface area contributed by atoms with Crippen LogP contribution in [-0.4, -0.2) is 36.8 Å². The van der Waals surface area contributed by atoms with E-state index in [4.69, 9.17) is 4.74 Å². The zero-order chi connectivity index (χ0) is 14.8. The Balaban J connectivity index is 2.16. The molecular formula is C13H16N2O4S. The van der Waals surface area contributed by atoms with E-state index in [1.54, 1.807) is 12.1 Å². The fraction of sp³-hybridized carbons (Fsp3) is 0.462. The standard InChI is InChI=1S/C13H16N2O4S/c1-13(7-19-8-13)6-14-12(16)10-5-9(20-2)3-4-11(10)15(17)18/h3-5H,6-8H2,1-2H3,(H,14,16). The van der Waals surface area contributed by atoms with Crippen molar-refractivity contribution >= 4 is 23.4 Å². The minimum Gasteiger partial charge on any atom is -0.380 e. The van der Waals surface area contributed by atoms with Crippen molar-refractivity contribution in [3.05, 3.63) is 33.9 Å². The molecule has 0 unspecified atom stereocenters. The summed E-state index contributed by atoms with van der Waals surface area (Å²) in [5.41, 5.74) is -0.136. The average Bonchev–Trinajstić information content (AvgIpc) is 2.41. The molecule has 0 radical (unpaired) electrons. The fourth-order valence-electron chi connectivity index (χ4n) is 1.92. The molecule has 7 heteroatoms. The normalized spacial score (nSPS) is 16.3. The molecule has 2 rings (SSSR count). The number of hydrogen-bond acceptors (Lipinski definition) is 5. The van der Waals surface area contributed by atoms with Crippen molar-refractivity contribution in [2.45, 2.75) is 11.8 Å². The van der Waals surface area contributed by atoms with Gasteiger partial charge in [-0.3, -0.25) is 14.9 Å². The van der Waals surface area contributed by atoms with E-state index in [-0.39, 0.29) is 16.7 Å². The fourth-order valence-corrected chi connectivity index (χ4v) is 2.36. The zero-order valence-corrected chi connectivity index (χ0v) is 12.2. The van der Waals surface area contributed by atoms with Crippen molar-refractivity contribution in [3.63, 3.8) is 0 Å². The summed E-state index contributed by atoms with van der Waals surface area (Å²) in [4.78, 5) is 23.4. The summed E-state index contributed by atoms with van der Waals surface area (Å²) >= 11 is 1.44. The van der Waals surface area contributed by atoms with E-state index < -0.39 is 10.8 Å². The monoisotopic (exact) mass is 296 g/mol. The first-order chi connectivity index (χ1) is 9.45. The largest absolute Gasteiger partial charge is 0.380 e. The minimum absolute atomic E-state index is 0.0679. The van der Waals surface area contributed by atoms with Crippen molar-refractivity contribution in [2.24, 2.45) is 5.41 Å². The van der Waals surface area contributed by atoms with Gasteiger partial charge in [-0.15, -0.1) is 11.8 Å². The van der Waals surface area contributed by atoms with E-state index in [1.807, 2.05) is 13.2 Å². The average molecular weight is 296 g/mol. The number of nitro groups is 1. The second-order valence-electron chi connectivity index (χ2n) is 5.13. The second kappa shape index (κ2) is 5.80. The summed E-state index contributed by atoms with van der Waals surface area (Å²) < 4.78 is 5.11. The number of rotatable bonds is 5. The third-order valence-corrected chi connectivity index (χ3v) is 3.95. The third-order valence-electron chi connectivity index (χ3n) is 3.22. The molecule has 0 aromatic heterocycles. The molecule has 20 heavy (non-hydrogen) atoms. The highest BCUT2D eigenvalue weighted by Crippen LogP contribution is 2.27. The SMILES string of the molecule is CSc1ccc([N+](=O)[O-])c(C(=O)NCC2(C)COC2)c1. The van der Waals surface area contributed by atoms with Crippen molar-refractivity contribution in [3.8, 4) is 0 Å². The summed E-state index contributed by atoms with van der Waals surface area (Å²) in [7, 11) is 0. The van der Waals surface area contributed by atoms with Gasteiger partial charge in [0.15, 0.2) is 0 Å². The molecule has 1 saturated heterocycles. The Morgan fingerprint density at radius 2 is 2.25 bits per heavy atom. The second-order valence-corrected chi connectivity index (χ2v) is 6.01. The highest BCUT2D eigenvalue weighted by molar-refractivity contribution is 7.98. The Kier molecular flexibility index (Phi) is 4.29. The van der Waals surface area contributed by atoms with Crippen LogP contribution >= 0.6 is 11.8 Å². The number of nitrogens with one attached hydrogen (secondary N) is 1. The van der Waals surface area contributed by atoms with Gasteiger partial charge in [-0.2, -0.15) is 0 Å². The predicted molar refractivity (Wildman–Crippen MR) is 76.1 cm³/mol. The number of nitro benzene ring substituents is 1. The highest BCUT2D eigenvalue weighted by Gasteiger charge is 2.34. The maximum atomic E-state index is 12.2. The lowest BCUT2D eigenvalue weighted by atomic mass is 9.88. The van der Waals surface area contributed by atoms with Crippen molar-refractivity contribution in [2.75, 3.05) is 26.0 Å². The van der Waals surface area contributed by atoms with Crippen LogP contribution in [-0.2, 0) is 4.74 Å². The quantitative estimate of drug-likeness (QED) is 0.511. The van der Waals surface area contributed by atoms with Crippen LogP contribution in [0.3, 0.4) is 0 Å². The number of carbonyl (C=O) groups excluding carboxylic acids is 1. The molecule has 1 amide bonds. The molecule has 1 aromatic carbocycles. The van der Waals surface area contributed by atoms with Crippen LogP contribution in [0.1, 0.15) is 17.3 Å². The van der Waals surface area contributed by atoms with E-state index in [2.05, 4.69) is 5.32 Å². The van der Waals surface area contributed by atoms with Crippen LogP contribution in [0.25, 0.3) is 0 Å². The topological polar surface area (TPSA) is 81.5 Å². The molecule has 1 aromatic rings. The highest BCUT2D eigenvalue weighted by atomic mass is 32.2. The van der Waals surface area contributed by atoms with Gasteiger partial charge in [-0.1, -0.05) is 6.92 Å². The third kappa shape index (κ3) is 3.10. The Morgan fingerprint density at radius 3 is 2.75 bits per heavy atom. The van der Waals surface area contributed by atoms with Crippen molar-refractivity contribution < 1.29 is 14.5 Å². The number of thioether (sulfide) groups is 1. The van der Waals surface area contributed by atoms with Gasteiger partial charge in [0.1, 0.15) is 5.56 Å². The Hall–Kier alpha value is -1.60. The van der Waals surface area contributed by atoms with E-state index >= 15 is 0 Å². The van der Waals surface area contributed by atoms with E-state index in [0.29, 0.717) is 19.8 Å². The molecule has 1 fully saturated rings. The first-order valence-corrected chi connectivity index (χ1v) is 7.36. The molecule has 108 valence electrons. The summed E-state index contributed by atoms with van der Waals surface area (Å²) in [6, 6.07) is 4.56. The van der Waals surface area contributed by atoms with Gasteiger partial charge in [-0.25, -0.2) is 0 Å². The van der Waals surface area contributed by atoms with E-state index in [9.17, 15) is 14.9 Å². The van der Waals surface area contributed by atoms with Crippen LogP contribution < -0.4 is 5.32 Å². The maximum Gasteiger partial charge on any atom is 0.282 e. The van der Waals surface area contributed by atoms with Gasteiger partial charge in [0.25, 0.3) is 11.6 Å². The number of ether oxygens (including phenoxy) is 1. The van der Waals surface area contributed by atoms with Crippen molar-refractivity contribution in [1.29, 1.82) is 0 Å². The van der Waals surface area contributed by atoms with Crippen LogP contribution in [0, 0.1) is 15.5 Å². The van der Waals surface area contributed by atoms with Gasteiger partial charge in [0.05, 0.1) is 18.1 Å². The van der Waals surface area contributed by atoms with Gasteiger partial charge >= 0.3 is 0 Å². The molecule has 1 aliphatic heterocycles. The predicted octanol–water partition coefficient (Wildman–Crippen LogP) is 2.08. The lowest BCUT2D eigenvalue weighted by molar-refractivity contribution is -0.385. The summed E-state index contributed by atoms with van der Waals surface area (Å²) in [6.45, 7) is 3.65. The minimum atomic E-state index is -0.535. The zero-order valence-electron chi connectivity index (χ0n) is 11.3. The lowest BCUT2D eigenvalue weighted by Crippen LogP contribution is -2.48. The van der Waals surface area contributed by atoms with Crippen LogP contribution in [0.5, 0.6) is 0 Å². The Morgan fingerprint density at radius 1 is 1.55 bits per heavy atom. The number of hydrogen-bond donors (Lipinski definition) is 1.